The summed E-state index contributed by atoms with van der Waals surface area (Å²) in [5, 5.41) is 17.4. The standard InChI is InChI=1S/C28H31N5O6/c1-17-7-5-6-8-21(17)30-28(38)31-22-11-9-19(13-24(22)39-4)14-26(35)32-25-12-10-20(16-29-25)23(15-27(36)37)33(3)18(2)34/h5-13,16,23H,14-15H2,1-4H3,(H,36,37)(H,29,32,35)(H2,30,31,38). The van der Waals surface area contributed by atoms with Gasteiger partial charge in [-0.05, 0) is 47.9 Å². The van der Waals surface area contributed by atoms with Gasteiger partial charge in [-0.3, -0.25) is 14.4 Å². The van der Waals surface area contributed by atoms with Crippen LogP contribution in [0.2, 0.25) is 0 Å². The van der Waals surface area contributed by atoms with Crippen molar-refractivity contribution in [2.24, 2.45) is 0 Å². The van der Waals surface area contributed by atoms with Crippen LogP contribution >= 0.6 is 0 Å². The SMILES string of the molecule is COc1cc(CC(=O)Nc2ccc(C(CC(=O)O)N(C)C(C)=O)cn2)ccc1NC(=O)Nc1ccccc1C. The fraction of sp³-hybridized carbons (Fsp3) is 0.250. The number of aromatic nitrogens is 1. The number of pyridine rings is 1. The third-order valence-electron chi connectivity index (χ3n) is 6.04. The van der Waals surface area contributed by atoms with Gasteiger partial charge in [-0.15, -0.1) is 0 Å². The number of nitrogens with one attached hydrogen (secondary N) is 3. The minimum absolute atomic E-state index is 0.0180. The number of carboxylic acids is 1. The van der Waals surface area contributed by atoms with Gasteiger partial charge in [-0.25, -0.2) is 9.78 Å². The molecule has 4 N–H and O–H groups in total. The molecule has 0 aliphatic heterocycles. The number of aliphatic carboxylic acids is 1. The number of hydrogen-bond donors (Lipinski definition) is 4. The second-order valence-electron chi connectivity index (χ2n) is 8.87. The van der Waals surface area contributed by atoms with Crippen molar-refractivity contribution in [1.82, 2.24) is 9.88 Å². The van der Waals surface area contributed by atoms with Crippen molar-refractivity contribution in [2.75, 3.05) is 30.1 Å². The van der Waals surface area contributed by atoms with Crippen molar-refractivity contribution in [3.8, 4) is 5.75 Å². The molecule has 11 heteroatoms. The Kier molecular flexibility index (Phi) is 9.58. The number of anilines is 3. The third-order valence-corrected chi connectivity index (χ3v) is 6.04. The number of para-hydroxylation sites is 1. The summed E-state index contributed by atoms with van der Waals surface area (Å²) >= 11 is 0. The van der Waals surface area contributed by atoms with Crippen LogP contribution in [-0.2, 0) is 20.8 Å². The first-order valence-electron chi connectivity index (χ1n) is 12.1. The molecule has 3 rings (SSSR count). The van der Waals surface area contributed by atoms with Crippen molar-refractivity contribution in [3.05, 3.63) is 77.5 Å². The molecule has 39 heavy (non-hydrogen) atoms. The molecule has 0 spiro atoms. The van der Waals surface area contributed by atoms with E-state index in [0.29, 0.717) is 28.3 Å². The van der Waals surface area contributed by atoms with Gasteiger partial charge in [-0.2, -0.15) is 0 Å². The minimum Gasteiger partial charge on any atom is -0.495 e. The highest BCUT2D eigenvalue weighted by molar-refractivity contribution is 6.01. The molecule has 1 heterocycles. The van der Waals surface area contributed by atoms with Crippen LogP contribution in [0, 0.1) is 6.92 Å². The lowest BCUT2D eigenvalue weighted by molar-refractivity contribution is -0.140. The Hall–Kier alpha value is -4.93. The van der Waals surface area contributed by atoms with Crippen LogP contribution in [0.4, 0.5) is 22.0 Å². The average Bonchev–Trinajstić information content (AvgIpc) is 2.89. The first-order chi connectivity index (χ1) is 18.6. The summed E-state index contributed by atoms with van der Waals surface area (Å²) in [7, 11) is 2.99. The summed E-state index contributed by atoms with van der Waals surface area (Å²) in [6.07, 6.45) is 1.18. The molecule has 0 aliphatic carbocycles. The second-order valence-corrected chi connectivity index (χ2v) is 8.87. The van der Waals surface area contributed by atoms with Crippen LogP contribution in [0.5, 0.6) is 5.75 Å². The zero-order valence-electron chi connectivity index (χ0n) is 22.1. The van der Waals surface area contributed by atoms with Gasteiger partial charge in [0.15, 0.2) is 0 Å². The van der Waals surface area contributed by atoms with Gasteiger partial charge in [0.2, 0.25) is 11.8 Å². The summed E-state index contributed by atoms with van der Waals surface area (Å²) in [5.41, 5.74) is 3.24. The first kappa shape index (κ1) is 28.6. The smallest absolute Gasteiger partial charge is 0.323 e. The number of carbonyl (C=O) groups is 4. The average molecular weight is 534 g/mol. The maximum Gasteiger partial charge on any atom is 0.323 e. The van der Waals surface area contributed by atoms with Crippen LogP contribution in [0.15, 0.2) is 60.8 Å². The highest BCUT2D eigenvalue weighted by atomic mass is 16.5. The predicted octanol–water partition coefficient (Wildman–Crippen LogP) is 4.22. The number of rotatable bonds is 10. The van der Waals surface area contributed by atoms with Gasteiger partial charge in [-0.1, -0.05) is 30.3 Å². The van der Waals surface area contributed by atoms with Gasteiger partial charge in [0.25, 0.3) is 0 Å². The molecule has 1 atom stereocenters. The van der Waals surface area contributed by atoms with Crippen LogP contribution in [0.1, 0.15) is 36.1 Å². The number of carbonyl (C=O) groups excluding carboxylic acids is 3. The van der Waals surface area contributed by atoms with Crippen LogP contribution in [0.3, 0.4) is 0 Å². The zero-order chi connectivity index (χ0) is 28.5. The number of carboxylic acid groups (broad SMARTS) is 1. The van der Waals surface area contributed by atoms with E-state index in [-0.39, 0.29) is 30.5 Å². The molecule has 1 unspecified atom stereocenters. The highest BCUT2D eigenvalue weighted by Gasteiger charge is 2.23. The summed E-state index contributed by atoms with van der Waals surface area (Å²) < 4.78 is 5.40. The third kappa shape index (κ3) is 8.03. The number of methoxy groups -OCH3 is 1. The molecule has 0 fully saturated rings. The van der Waals surface area contributed by atoms with E-state index in [9.17, 15) is 24.3 Å². The molecule has 3 aromatic rings. The minimum atomic E-state index is -1.05. The number of amides is 4. The van der Waals surface area contributed by atoms with Gasteiger partial charge in [0.05, 0.1) is 31.7 Å². The molecule has 0 saturated carbocycles. The predicted molar refractivity (Wildman–Crippen MR) is 147 cm³/mol. The van der Waals surface area contributed by atoms with E-state index in [0.717, 1.165) is 5.56 Å². The van der Waals surface area contributed by atoms with Crippen molar-refractivity contribution in [2.45, 2.75) is 32.7 Å². The highest BCUT2D eigenvalue weighted by Crippen LogP contribution is 2.27. The molecule has 2 aromatic carbocycles. The van der Waals surface area contributed by atoms with Gasteiger partial charge in [0, 0.05) is 25.9 Å². The second kappa shape index (κ2) is 13.0. The normalized spacial score (nSPS) is 11.2. The van der Waals surface area contributed by atoms with Crippen LogP contribution < -0.4 is 20.7 Å². The Morgan fingerprint density at radius 1 is 1.00 bits per heavy atom. The number of ether oxygens (including phenoxy) is 1. The van der Waals surface area contributed by atoms with Crippen molar-refractivity contribution < 1.29 is 29.0 Å². The molecule has 0 aliphatic rings. The molecule has 4 amide bonds. The van der Waals surface area contributed by atoms with E-state index in [1.54, 1.807) is 36.4 Å². The van der Waals surface area contributed by atoms with E-state index in [1.807, 2.05) is 25.1 Å². The maximum atomic E-state index is 12.6. The summed E-state index contributed by atoms with van der Waals surface area (Å²) in [4.78, 5) is 53.7. The Labute approximate surface area is 226 Å². The van der Waals surface area contributed by atoms with Crippen molar-refractivity contribution >= 4 is 41.0 Å². The lowest BCUT2D eigenvalue weighted by Gasteiger charge is -2.26. The molecule has 0 bridgehead atoms. The lowest BCUT2D eigenvalue weighted by Crippen LogP contribution is -2.30. The van der Waals surface area contributed by atoms with E-state index in [2.05, 4.69) is 20.9 Å². The fourth-order valence-corrected chi connectivity index (χ4v) is 3.85. The summed E-state index contributed by atoms with van der Waals surface area (Å²) in [6.45, 7) is 3.25. The topological polar surface area (TPSA) is 150 Å². The quantitative estimate of drug-likeness (QED) is 0.305. The molecule has 0 saturated heterocycles. The summed E-state index contributed by atoms with van der Waals surface area (Å²) in [6, 6.07) is 14.5. The number of aryl methyl sites for hydroxylation is 1. The maximum absolute atomic E-state index is 12.6. The Balaban J connectivity index is 1.63. The molecular formula is C28H31N5O6. The van der Waals surface area contributed by atoms with Crippen molar-refractivity contribution in [3.63, 3.8) is 0 Å². The zero-order valence-corrected chi connectivity index (χ0v) is 22.1. The van der Waals surface area contributed by atoms with Crippen molar-refractivity contribution in [1.29, 1.82) is 0 Å². The fourth-order valence-electron chi connectivity index (χ4n) is 3.85. The van der Waals surface area contributed by atoms with Crippen LogP contribution in [0.25, 0.3) is 0 Å². The monoisotopic (exact) mass is 533 g/mol. The first-order valence-corrected chi connectivity index (χ1v) is 12.1. The van der Waals surface area contributed by atoms with Gasteiger partial charge < -0.3 is 30.7 Å². The molecule has 11 nitrogen and oxygen atoms in total. The van der Waals surface area contributed by atoms with Gasteiger partial charge in [0.1, 0.15) is 11.6 Å². The van der Waals surface area contributed by atoms with E-state index in [4.69, 9.17) is 4.74 Å². The van der Waals surface area contributed by atoms with E-state index in [1.165, 1.54) is 32.2 Å². The van der Waals surface area contributed by atoms with E-state index < -0.39 is 18.0 Å². The Morgan fingerprint density at radius 2 is 1.72 bits per heavy atom. The van der Waals surface area contributed by atoms with Crippen LogP contribution in [-0.4, -0.2) is 53.0 Å². The molecule has 0 radical (unpaired) electrons. The number of urea groups is 1. The Bertz CT molecular complexity index is 1360. The molecule has 204 valence electrons. The molecule has 1 aromatic heterocycles. The summed E-state index contributed by atoms with van der Waals surface area (Å²) in [5.74, 6) is -0.988. The Morgan fingerprint density at radius 3 is 2.33 bits per heavy atom. The largest absolute Gasteiger partial charge is 0.495 e. The number of benzene rings is 2. The number of nitrogens with zero attached hydrogens (tertiary/aromatic N) is 2. The lowest BCUT2D eigenvalue weighted by atomic mass is 10.0. The van der Waals surface area contributed by atoms with E-state index >= 15 is 0 Å². The number of hydrogen-bond acceptors (Lipinski definition) is 6. The molecular weight excluding hydrogens is 502 g/mol. The van der Waals surface area contributed by atoms with Gasteiger partial charge >= 0.3 is 12.0 Å².